The second kappa shape index (κ2) is 7.67. The minimum Gasteiger partial charge on any atom is -0.497 e. The first kappa shape index (κ1) is 17.8. The highest BCUT2D eigenvalue weighted by Crippen LogP contribution is 2.21. The minimum atomic E-state index is -2.77. The van der Waals surface area contributed by atoms with E-state index in [0.29, 0.717) is 0 Å². The number of hydrogen-bond acceptors (Lipinski definition) is 3. The molecule has 0 fully saturated rings. The first-order chi connectivity index (χ1) is 10.3. The van der Waals surface area contributed by atoms with Gasteiger partial charge in [-0.25, -0.2) is 13.2 Å². The van der Waals surface area contributed by atoms with Crippen molar-refractivity contribution >= 4 is 17.5 Å². The smallest absolute Gasteiger partial charge is 0.313 e. The van der Waals surface area contributed by atoms with Crippen molar-refractivity contribution in [1.29, 1.82) is 0 Å². The molecule has 0 saturated heterocycles. The fourth-order valence-electron chi connectivity index (χ4n) is 1.71. The molecule has 122 valence electrons. The summed E-state index contributed by atoms with van der Waals surface area (Å²) in [6.45, 7) is 2.13. The van der Waals surface area contributed by atoms with Crippen LogP contribution in [0.4, 0.5) is 18.9 Å². The predicted molar refractivity (Wildman–Crippen MR) is 74.4 cm³/mol. The number of methoxy groups -OCH3 is 1. The fourth-order valence-corrected chi connectivity index (χ4v) is 1.71. The number of halogens is 3. The highest BCUT2D eigenvalue weighted by Gasteiger charge is 2.27. The summed E-state index contributed by atoms with van der Waals surface area (Å²) < 4.78 is 43.4. The van der Waals surface area contributed by atoms with Gasteiger partial charge in [0.15, 0.2) is 0 Å². The number of rotatable bonds is 5. The quantitative estimate of drug-likeness (QED) is 0.847. The maximum atomic E-state index is 13.6. The van der Waals surface area contributed by atoms with E-state index in [4.69, 9.17) is 4.74 Å². The van der Waals surface area contributed by atoms with Gasteiger partial charge in [0.2, 0.25) is 0 Å². The zero-order chi connectivity index (χ0) is 16.9. The van der Waals surface area contributed by atoms with Gasteiger partial charge < -0.3 is 15.0 Å². The van der Waals surface area contributed by atoms with Gasteiger partial charge in [-0.15, -0.1) is 0 Å². The van der Waals surface area contributed by atoms with Crippen molar-refractivity contribution in [2.75, 3.05) is 19.0 Å². The second-order valence-electron chi connectivity index (χ2n) is 4.74. The SMILES string of the molecule is COc1ccc(F)c(NC(=O)C(=O)N(CC(F)F)C(C)C)c1. The first-order valence-electron chi connectivity index (χ1n) is 6.50. The lowest BCUT2D eigenvalue weighted by Gasteiger charge is -2.25. The van der Waals surface area contributed by atoms with Crippen LogP contribution in [0.25, 0.3) is 0 Å². The number of hydrogen-bond donors (Lipinski definition) is 1. The molecule has 22 heavy (non-hydrogen) atoms. The number of carbonyl (C=O) groups is 2. The van der Waals surface area contributed by atoms with Crippen LogP contribution < -0.4 is 10.1 Å². The van der Waals surface area contributed by atoms with Gasteiger partial charge >= 0.3 is 11.8 Å². The predicted octanol–water partition coefficient (Wildman–Crippen LogP) is 2.27. The number of ether oxygens (including phenoxy) is 1. The number of anilines is 1. The lowest BCUT2D eigenvalue weighted by Crippen LogP contribution is -2.46. The molecular formula is C14H17F3N2O3. The Morgan fingerprint density at radius 3 is 2.45 bits per heavy atom. The fraction of sp³-hybridized carbons (Fsp3) is 0.429. The molecule has 0 heterocycles. The third kappa shape index (κ3) is 4.64. The summed E-state index contributed by atoms with van der Waals surface area (Å²) in [7, 11) is 1.35. The normalized spacial score (nSPS) is 10.7. The molecule has 8 heteroatoms. The van der Waals surface area contributed by atoms with E-state index in [1.165, 1.54) is 33.1 Å². The van der Waals surface area contributed by atoms with Crippen molar-refractivity contribution in [3.05, 3.63) is 24.0 Å². The van der Waals surface area contributed by atoms with E-state index in [1.54, 1.807) is 0 Å². The van der Waals surface area contributed by atoms with Gasteiger partial charge in [-0.2, -0.15) is 0 Å². The van der Waals surface area contributed by atoms with E-state index >= 15 is 0 Å². The number of nitrogens with one attached hydrogen (secondary N) is 1. The minimum absolute atomic E-state index is 0.265. The van der Waals surface area contributed by atoms with Crippen molar-refractivity contribution in [3.63, 3.8) is 0 Å². The molecule has 1 rings (SSSR count). The molecule has 2 amide bonds. The number of alkyl halides is 2. The maximum Gasteiger partial charge on any atom is 0.313 e. The Hall–Kier alpha value is -2.25. The van der Waals surface area contributed by atoms with Crippen LogP contribution >= 0.6 is 0 Å². The number of nitrogens with zero attached hydrogens (tertiary/aromatic N) is 1. The summed E-state index contributed by atoms with van der Waals surface area (Å²) in [6.07, 6.45) is -2.77. The number of carbonyl (C=O) groups excluding carboxylic acids is 2. The van der Waals surface area contributed by atoms with Crippen molar-refractivity contribution in [2.45, 2.75) is 26.3 Å². The average molecular weight is 318 g/mol. The van der Waals surface area contributed by atoms with Gasteiger partial charge in [-0.3, -0.25) is 9.59 Å². The van der Waals surface area contributed by atoms with Gasteiger partial charge in [-0.1, -0.05) is 0 Å². The molecule has 0 bridgehead atoms. The summed E-state index contributed by atoms with van der Waals surface area (Å²) in [5, 5.41) is 2.06. The van der Waals surface area contributed by atoms with Crippen LogP contribution in [0.15, 0.2) is 18.2 Å². The van der Waals surface area contributed by atoms with Gasteiger partial charge in [0.1, 0.15) is 11.6 Å². The average Bonchev–Trinajstić information content (AvgIpc) is 2.45. The molecular weight excluding hydrogens is 301 g/mol. The highest BCUT2D eigenvalue weighted by molar-refractivity contribution is 6.39. The summed E-state index contributed by atoms with van der Waals surface area (Å²) in [6, 6.07) is 2.98. The van der Waals surface area contributed by atoms with Crippen molar-refractivity contribution in [2.24, 2.45) is 0 Å². The van der Waals surface area contributed by atoms with Gasteiger partial charge in [0, 0.05) is 12.1 Å². The summed E-state index contributed by atoms with van der Waals surface area (Å²) >= 11 is 0. The molecule has 0 saturated carbocycles. The lowest BCUT2D eigenvalue weighted by atomic mass is 10.2. The Labute approximate surface area is 126 Å². The van der Waals surface area contributed by atoms with Crippen LogP contribution in [0.3, 0.4) is 0 Å². The maximum absolute atomic E-state index is 13.6. The van der Waals surface area contributed by atoms with E-state index in [9.17, 15) is 22.8 Å². The Bertz CT molecular complexity index is 550. The Morgan fingerprint density at radius 1 is 1.32 bits per heavy atom. The van der Waals surface area contributed by atoms with Crippen molar-refractivity contribution < 1.29 is 27.5 Å². The van der Waals surface area contributed by atoms with Gasteiger partial charge in [-0.05, 0) is 26.0 Å². The molecule has 0 spiro atoms. The van der Waals surface area contributed by atoms with E-state index in [2.05, 4.69) is 5.32 Å². The zero-order valence-electron chi connectivity index (χ0n) is 12.4. The number of benzene rings is 1. The molecule has 0 radical (unpaired) electrons. The monoisotopic (exact) mass is 318 g/mol. The molecule has 5 nitrogen and oxygen atoms in total. The van der Waals surface area contributed by atoms with Crippen LogP contribution in [0.1, 0.15) is 13.8 Å². The van der Waals surface area contributed by atoms with E-state index in [0.717, 1.165) is 11.0 Å². The molecule has 1 N–H and O–H groups in total. The van der Waals surface area contributed by atoms with Crippen molar-refractivity contribution in [1.82, 2.24) is 4.90 Å². The van der Waals surface area contributed by atoms with Crippen LogP contribution in [0, 0.1) is 5.82 Å². The van der Waals surface area contributed by atoms with Crippen LogP contribution in [-0.2, 0) is 9.59 Å². The third-order valence-electron chi connectivity index (χ3n) is 2.83. The van der Waals surface area contributed by atoms with Gasteiger partial charge in [0.05, 0.1) is 19.3 Å². The standard InChI is InChI=1S/C14H17F3N2O3/c1-8(2)19(7-12(16)17)14(21)13(20)18-11-6-9(22-3)4-5-10(11)15/h4-6,8,12H,7H2,1-3H3,(H,18,20). The van der Waals surface area contributed by atoms with E-state index in [-0.39, 0.29) is 11.4 Å². The molecule has 0 unspecified atom stereocenters. The summed E-state index contributed by atoms with van der Waals surface area (Å²) in [4.78, 5) is 24.5. The lowest BCUT2D eigenvalue weighted by molar-refractivity contribution is -0.145. The molecule has 0 atom stereocenters. The topological polar surface area (TPSA) is 58.6 Å². The second-order valence-corrected chi connectivity index (χ2v) is 4.74. The molecule has 0 aliphatic heterocycles. The number of amides is 2. The Kier molecular flexibility index (Phi) is 6.21. The van der Waals surface area contributed by atoms with E-state index < -0.39 is 36.6 Å². The third-order valence-corrected chi connectivity index (χ3v) is 2.83. The van der Waals surface area contributed by atoms with E-state index in [1.807, 2.05) is 0 Å². The molecule has 1 aromatic rings. The summed E-state index contributed by atoms with van der Waals surface area (Å²) in [5.41, 5.74) is -0.265. The molecule has 0 aliphatic carbocycles. The molecule has 1 aromatic carbocycles. The summed E-state index contributed by atoms with van der Waals surface area (Å²) in [5.74, 6) is -2.84. The Morgan fingerprint density at radius 2 is 1.95 bits per heavy atom. The molecule has 0 aromatic heterocycles. The zero-order valence-corrected chi connectivity index (χ0v) is 12.4. The highest BCUT2D eigenvalue weighted by atomic mass is 19.3. The Balaban J connectivity index is 2.89. The first-order valence-corrected chi connectivity index (χ1v) is 6.50. The van der Waals surface area contributed by atoms with Crippen LogP contribution in [0.5, 0.6) is 5.75 Å². The largest absolute Gasteiger partial charge is 0.497 e. The molecule has 0 aliphatic rings. The van der Waals surface area contributed by atoms with Gasteiger partial charge in [0.25, 0.3) is 6.43 Å². The van der Waals surface area contributed by atoms with Crippen LogP contribution in [0.2, 0.25) is 0 Å². The van der Waals surface area contributed by atoms with Crippen LogP contribution in [-0.4, -0.2) is 42.8 Å². The van der Waals surface area contributed by atoms with Crippen molar-refractivity contribution in [3.8, 4) is 5.75 Å².